The second-order valence-electron chi connectivity index (χ2n) is 1.70. The lowest BCUT2D eigenvalue weighted by molar-refractivity contribution is 0.269. The monoisotopic (exact) mass is 138 g/mol. The highest BCUT2D eigenvalue weighted by Gasteiger charge is 1.98. The molecule has 0 spiro atoms. The summed E-state index contributed by atoms with van der Waals surface area (Å²) in [6.07, 6.45) is 1.43. The average Bonchev–Trinajstić information content (AvgIpc) is 2.36. The topological polar surface area (TPSA) is 74.7 Å². The number of hydrogen-bond donors (Lipinski definition) is 1. The van der Waals surface area contributed by atoms with Crippen LogP contribution in [0.3, 0.4) is 0 Å². The quantitative estimate of drug-likeness (QED) is 0.586. The van der Waals surface area contributed by atoms with Crippen LogP contribution >= 0.6 is 0 Å². The summed E-state index contributed by atoms with van der Waals surface area (Å²) in [5.41, 5.74) is 0.557. The summed E-state index contributed by atoms with van der Waals surface area (Å²) in [6, 6.07) is 1.89. The van der Waals surface area contributed by atoms with E-state index >= 15 is 0 Å². The number of nitrogens with zero attached hydrogens (tertiary/aromatic N) is 4. The smallest absolute Gasteiger partial charge is 0.130 e. The fraction of sp³-hybridized carbons (Fsp3) is 0.400. The van der Waals surface area contributed by atoms with Gasteiger partial charge in [-0.25, -0.2) is 4.68 Å². The number of aromatic nitrogens is 3. The van der Waals surface area contributed by atoms with Crippen LogP contribution in [0.5, 0.6) is 0 Å². The van der Waals surface area contributed by atoms with Gasteiger partial charge in [-0.3, -0.25) is 0 Å². The van der Waals surface area contributed by atoms with Crippen LogP contribution in [0.4, 0.5) is 0 Å². The zero-order valence-electron chi connectivity index (χ0n) is 5.23. The second kappa shape index (κ2) is 2.94. The van der Waals surface area contributed by atoms with E-state index in [1.54, 1.807) is 0 Å². The predicted molar refractivity (Wildman–Crippen MR) is 31.6 cm³/mol. The first-order valence-corrected chi connectivity index (χ1v) is 2.73. The summed E-state index contributed by atoms with van der Waals surface area (Å²) >= 11 is 0. The Morgan fingerprint density at radius 3 is 3.20 bits per heavy atom. The molecule has 1 aromatic rings. The molecule has 0 aliphatic heterocycles. The van der Waals surface area contributed by atoms with Crippen molar-refractivity contribution in [2.75, 3.05) is 0 Å². The Kier molecular flexibility index (Phi) is 1.97. The third-order valence-corrected chi connectivity index (χ3v) is 1.08. The minimum atomic E-state index is -0.130. The first kappa shape index (κ1) is 6.71. The third-order valence-electron chi connectivity index (χ3n) is 1.08. The highest BCUT2D eigenvalue weighted by Crippen LogP contribution is 1.93. The maximum atomic E-state index is 8.62. The minimum absolute atomic E-state index is 0.130. The van der Waals surface area contributed by atoms with Gasteiger partial charge in [0.1, 0.15) is 6.54 Å². The molecular weight excluding hydrogens is 132 g/mol. The Morgan fingerprint density at radius 2 is 2.60 bits per heavy atom. The largest absolute Gasteiger partial charge is 0.390 e. The molecule has 0 bridgehead atoms. The Bertz CT molecular complexity index is 248. The first-order valence-electron chi connectivity index (χ1n) is 2.73. The Morgan fingerprint density at radius 1 is 1.80 bits per heavy atom. The number of hydrogen-bond acceptors (Lipinski definition) is 4. The van der Waals surface area contributed by atoms with Crippen molar-refractivity contribution in [2.24, 2.45) is 0 Å². The summed E-state index contributed by atoms with van der Waals surface area (Å²) in [5.74, 6) is 0. The molecule has 52 valence electrons. The molecule has 0 aromatic carbocycles. The van der Waals surface area contributed by atoms with Gasteiger partial charge in [-0.1, -0.05) is 5.21 Å². The normalized spacial score (nSPS) is 9.20. The average molecular weight is 138 g/mol. The molecule has 0 aliphatic carbocycles. The first-order chi connectivity index (χ1) is 4.88. The van der Waals surface area contributed by atoms with Gasteiger partial charge in [-0.05, 0) is 0 Å². The molecule has 0 radical (unpaired) electrons. The fourth-order valence-electron chi connectivity index (χ4n) is 0.601. The number of rotatable bonds is 2. The van der Waals surface area contributed by atoms with E-state index in [4.69, 9.17) is 10.4 Å². The molecular formula is C5H6N4O. The lowest BCUT2D eigenvalue weighted by Crippen LogP contribution is -2.03. The van der Waals surface area contributed by atoms with E-state index in [2.05, 4.69) is 10.3 Å². The number of aliphatic hydroxyl groups is 1. The standard InChI is InChI=1S/C5H6N4O/c6-1-2-9-5(4-10)3-7-8-9/h3,10H,2,4H2. The van der Waals surface area contributed by atoms with Crippen LogP contribution in [-0.4, -0.2) is 20.1 Å². The van der Waals surface area contributed by atoms with E-state index in [0.29, 0.717) is 5.69 Å². The Balaban J connectivity index is 2.82. The predicted octanol–water partition coefficient (Wildman–Crippen LogP) is -0.706. The van der Waals surface area contributed by atoms with Crippen LogP contribution in [-0.2, 0) is 13.2 Å². The molecule has 5 heteroatoms. The van der Waals surface area contributed by atoms with E-state index in [1.165, 1.54) is 10.9 Å². The molecule has 0 fully saturated rings. The van der Waals surface area contributed by atoms with Crippen molar-refractivity contribution in [3.8, 4) is 6.07 Å². The molecule has 1 rings (SSSR count). The number of nitriles is 1. The van der Waals surface area contributed by atoms with E-state index in [1.807, 2.05) is 6.07 Å². The molecule has 0 amide bonds. The van der Waals surface area contributed by atoms with Crippen LogP contribution in [0.15, 0.2) is 6.20 Å². The summed E-state index contributed by atoms with van der Waals surface area (Å²) < 4.78 is 1.35. The molecule has 5 nitrogen and oxygen atoms in total. The molecule has 0 saturated heterocycles. The molecule has 0 aliphatic rings. The van der Waals surface area contributed by atoms with E-state index in [0.717, 1.165) is 0 Å². The van der Waals surface area contributed by atoms with Gasteiger partial charge in [-0.15, -0.1) is 5.10 Å². The number of aliphatic hydroxyl groups excluding tert-OH is 1. The van der Waals surface area contributed by atoms with Crippen LogP contribution in [0.25, 0.3) is 0 Å². The zero-order chi connectivity index (χ0) is 7.40. The molecule has 0 saturated carbocycles. The van der Waals surface area contributed by atoms with Gasteiger partial charge in [-0.2, -0.15) is 5.26 Å². The van der Waals surface area contributed by atoms with Gasteiger partial charge < -0.3 is 5.11 Å². The van der Waals surface area contributed by atoms with Gasteiger partial charge in [0.15, 0.2) is 0 Å². The summed E-state index contributed by atoms with van der Waals surface area (Å²) in [7, 11) is 0. The lowest BCUT2D eigenvalue weighted by Gasteiger charge is -1.94. The molecule has 0 unspecified atom stereocenters. The highest BCUT2D eigenvalue weighted by atomic mass is 16.3. The fourth-order valence-corrected chi connectivity index (χ4v) is 0.601. The van der Waals surface area contributed by atoms with E-state index in [-0.39, 0.29) is 13.2 Å². The zero-order valence-corrected chi connectivity index (χ0v) is 5.23. The van der Waals surface area contributed by atoms with Crippen molar-refractivity contribution in [3.63, 3.8) is 0 Å². The Hall–Kier alpha value is -1.41. The summed E-state index contributed by atoms with van der Waals surface area (Å²) in [4.78, 5) is 0. The van der Waals surface area contributed by atoms with Crippen molar-refractivity contribution in [3.05, 3.63) is 11.9 Å². The van der Waals surface area contributed by atoms with Crippen molar-refractivity contribution < 1.29 is 5.11 Å². The van der Waals surface area contributed by atoms with Crippen LogP contribution in [0.1, 0.15) is 5.69 Å². The van der Waals surface area contributed by atoms with Gasteiger partial charge >= 0.3 is 0 Å². The Labute approximate surface area is 57.5 Å². The SMILES string of the molecule is N#CCn1nncc1CO. The van der Waals surface area contributed by atoms with Gasteiger partial charge in [0.25, 0.3) is 0 Å². The maximum absolute atomic E-state index is 8.62. The third kappa shape index (κ3) is 1.11. The highest BCUT2D eigenvalue weighted by molar-refractivity contribution is 4.92. The van der Waals surface area contributed by atoms with Gasteiger partial charge in [0.05, 0.1) is 24.6 Å². The second-order valence-corrected chi connectivity index (χ2v) is 1.70. The maximum Gasteiger partial charge on any atom is 0.130 e. The van der Waals surface area contributed by atoms with E-state index < -0.39 is 0 Å². The van der Waals surface area contributed by atoms with Gasteiger partial charge in [0.2, 0.25) is 0 Å². The summed E-state index contributed by atoms with van der Waals surface area (Å²) in [6.45, 7) is 0.00454. The van der Waals surface area contributed by atoms with E-state index in [9.17, 15) is 0 Å². The van der Waals surface area contributed by atoms with Crippen molar-refractivity contribution in [1.82, 2.24) is 15.0 Å². The summed E-state index contributed by atoms with van der Waals surface area (Å²) in [5, 5.41) is 23.9. The molecule has 0 atom stereocenters. The molecule has 1 heterocycles. The van der Waals surface area contributed by atoms with Crippen molar-refractivity contribution in [1.29, 1.82) is 5.26 Å². The molecule has 1 aromatic heterocycles. The van der Waals surface area contributed by atoms with Crippen molar-refractivity contribution in [2.45, 2.75) is 13.2 Å². The van der Waals surface area contributed by atoms with Gasteiger partial charge in [0, 0.05) is 0 Å². The van der Waals surface area contributed by atoms with Crippen molar-refractivity contribution >= 4 is 0 Å². The minimum Gasteiger partial charge on any atom is -0.390 e. The lowest BCUT2D eigenvalue weighted by atomic mass is 10.5. The van der Waals surface area contributed by atoms with Crippen LogP contribution in [0.2, 0.25) is 0 Å². The molecule has 1 N–H and O–H groups in total. The molecule has 10 heavy (non-hydrogen) atoms. The van der Waals surface area contributed by atoms with Crippen LogP contribution < -0.4 is 0 Å². The van der Waals surface area contributed by atoms with Crippen LogP contribution in [0, 0.1) is 11.3 Å².